The Kier molecular flexibility index (Phi) is 4.37. The molecule has 1 fully saturated rings. The van der Waals surface area contributed by atoms with Crippen molar-refractivity contribution in [1.82, 2.24) is 5.32 Å². The van der Waals surface area contributed by atoms with E-state index < -0.39 is 0 Å². The molecule has 0 unspecified atom stereocenters. The molecule has 0 aromatic rings. The third kappa shape index (κ3) is 3.40. The van der Waals surface area contributed by atoms with E-state index in [2.05, 4.69) is 18.8 Å². The van der Waals surface area contributed by atoms with Gasteiger partial charge in [-0.05, 0) is 19.3 Å². The second-order valence-electron chi connectivity index (χ2n) is 3.82. The summed E-state index contributed by atoms with van der Waals surface area (Å²) in [4.78, 5) is 0. The fourth-order valence-corrected chi connectivity index (χ4v) is 1.72. The highest BCUT2D eigenvalue weighted by atomic mass is 14.9. The minimum atomic E-state index is 0.780. The summed E-state index contributed by atoms with van der Waals surface area (Å²) in [6.07, 6.45) is 8.12. The van der Waals surface area contributed by atoms with E-state index in [4.69, 9.17) is 0 Å². The first-order valence-corrected chi connectivity index (χ1v) is 5.23. The molecular weight excluding hydrogens is 146 g/mol. The third-order valence-corrected chi connectivity index (χ3v) is 2.75. The van der Waals surface area contributed by atoms with Gasteiger partial charge in [0.05, 0.1) is 0 Å². The molecule has 1 N–H and O–H groups in total. The lowest BCUT2D eigenvalue weighted by molar-refractivity contribution is 0.382. The molecule has 1 nitrogen and oxygen atoms in total. The largest absolute Gasteiger partial charge is 0.310 e. The van der Waals surface area contributed by atoms with Gasteiger partial charge in [0.2, 0.25) is 0 Å². The average molecular weight is 167 g/mol. The molecule has 0 radical (unpaired) electrons. The van der Waals surface area contributed by atoms with Crippen LogP contribution < -0.4 is 5.32 Å². The van der Waals surface area contributed by atoms with E-state index in [-0.39, 0.29) is 0 Å². The monoisotopic (exact) mass is 167 g/mol. The Hall–Kier alpha value is -0.300. The van der Waals surface area contributed by atoms with Crippen molar-refractivity contribution in [3.8, 4) is 0 Å². The van der Waals surface area contributed by atoms with E-state index >= 15 is 0 Å². The first-order chi connectivity index (χ1) is 5.83. The summed E-state index contributed by atoms with van der Waals surface area (Å²) in [7, 11) is 0. The third-order valence-electron chi connectivity index (χ3n) is 2.75. The van der Waals surface area contributed by atoms with Crippen LogP contribution in [0.15, 0.2) is 12.2 Å². The first-order valence-electron chi connectivity index (χ1n) is 5.23. The molecule has 0 bridgehead atoms. The molecule has 70 valence electrons. The van der Waals surface area contributed by atoms with E-state index in [0.29, 0.717) is 0 Å². The Bertz CT molecular complexity index is 134. The topological polar surface area (TPSA) is 12.0 Å². The predicted molar refractivity (Wildman–Crippen MR) is 54.3 cm³/mol. The van der Waals surface area contributed by atoms with Gasteiger partial charge in [-0.1, -0.05) is 38.3 Å². The molecule has 1 heteroatoms. The number of rotatable bonds is 4. The Balaban J connectivity index is 2.09. The van der Waals surface area contributed by atoms with E-state index in [0.717, 1.165) is 19.0 Å². The molecule has 1 aliphatic rings. The highest BCUT2D eigenvalue weighted by molar-refractivity contribution is 4.95. The van der Waals surface area contributed by atoms with Crippen molar-refractivity contribution in [1.29, 1.82) is 0 Å². The summed E-state index contributed by atoms with van der Waals surface area (Å²) in [5.41, 5.74) is 1.33. The molecule has 1 saturated carbocycles. The van der Waals surface area contributed by atoms with Crippen LogP contribution in [0.25, 0.3) is 0 Å². The number of nitrogens with one attached hydrogen (secondary N) is 1. The van der Waals surface area contributed by atoms with Gasteiger partial charge in [0.15, 0.2) is 0 Å². The molecule has 0 spiro atoms. The average Bonchev–Trinajstić information content (AvgIpc) is 2.16. The van der Waals surface area contributed by atoms with Crippen molar-refractivity contribution < 1.29 is 0 Å². The number of hydrogen-bond acceptors (Lipinski definition) is 1. The Labute approximate surface area is 76.2 Å². The second kappa shape index (κ2) is 5.36. The molecule has 0 saturated heterocycles. The van der Waals surface area contributed by atoms with Gasteiger partial charge in [-0.2, -0.15) is 0 Å². The molecule has 0 atom stereocenters. The molecule has 1 aliphatic carbocycles. The summed E-state index contributed by atoms with van der Waals surface area (Å²) in [6, 6.07) is 0.780. The minimum absolute atomic E-state index is 0.780. The zero-order valence-corrected chi connectivity index (χ0v) is 8.23. The Morgan fingerprint density at radius 2 is 2.00 bits per heavy atom. The van der Waals surface area contributed by atoms with Crippen LogP contribution in [-0.2, 0) is 0 Å². The quantitative estimate of drug-likeness (QED) is 0.635. The molecule has 12 heavy (non-hydrogen) atoms. The van der Waals surface area contributed by atoms with Gasteiger partial charge in [0.1, 0.15) is 0 Å². The number of hydrogen-bond donors (Lipinski definition) is 1. The van der Waals surface area contributed by atoms with Gasteiger partial charge in [-0.3, -0.25) is 0 Å². The van der Waals surface area contributed by atoms with Crippen LogP contribution in [0.1, 0.15) is 45.4 Å². The molecule has 0 aromatic carbocycles. The fourth-order valence-electron chi connectivity index (χ4n) is 1.72. The summed E-state index contributed by atoms with van der Waals surface area (Å²) in [6.45, 7) is 7.20. The molecular formula is C11H21N. The van der Waals surface area contributed by atoms with E-state index in [1.165, 1.54) is 37.7 Å². The fraction of sp³-hybridized carbons (Fsp3) is 0.818. The van der Waals surface area contributed by atoms with Crippen molar-refractivity contribution in [2.75, 3.05) is 6.54 Å². The lowest BCUT2D eigenvalue weighted by Crippen LogP contribution is -2.32. The van der Waals surface area contributed by atoms with E-state index in [9.17, 15) is 0 Å². The highest BCUT2D eigenvalue weighted by Gasteiger charge is 2.11. The van der Waals surface area contributed by atoms with Gasteiger partial charge >= 0.3 is 0 Å². The lowest BCUT2D eigenvalue weighted by atomic mass is 9.95. The van der Waals surface area contributed by atoms with E-state index in [1.807, 2.05) is 0 Å². The van der Waals surface area contributed by atoms with Gasteiger partial charge in [0.25, 0.3) is 0 Å². The Morgan fingerprint density at radius 1 is 1.33 bits per heavy atom. The van der Waals surface area contributed by atoms with Crippen LogP contribution in [0.3, 0.4) is 0 Å². The van der Waals surface area contributed by atoms with Crippen LogP contribution in [0.2, 0.25) is 0 Å². The maximum absolute atomic E-state index is 4.00. The zero-order valence-electron chi connectivity index (χ0n) is 8.23. The van der Waals surface area contributed by atoms with Gasteiger partial charge in [-0.15, -0.1) is 0 Å². The molecule has 0 aliphatic heterocycles. The normalized spacial score (nSPS) is 19.4. The summed E-state index contributed by atoms with van der Waals surface area (Å²) in [5, 5.41) is 3.57. The van der Waals surface area contributed by atoms with Crippen LogP contribution >= 0.6 is 0 Å². The van der Waals surface area contributed by atoms with Crippen LogP contribution in [0, 0.1) is 0 Å². The van der Waals surface area contributed by atoms with Crippen LogP contribution in [0.5, 0.6) is 0 Å². The molecule has 0 heterocycles. The SMILES string of the molecule is C=C(CC)CNC1CCCCC1. The molecule has 0 aromatic heterocycles. The lowest BCUT2D eigenvalue weighted by Gasteiger charge is -2.23. The van der Waals surface area contributed by atoms with Gasteiger partial charge in [-0.25, -0.2) is 0 Å². The summed E-state index contributed by atoms with van der Waals surface area (Å²) < 4.78 is 0. The minimum Gasteiger partial charge on any atom is -0.310 e. The Morgan fingerprint density at radius 3 is 2.58 bits per heavy atom. The van der Waals surface area contributed by atoms with Crippen LogP contribution in [-0.4, -0.2) is 12.6 Å². The van der Waals surface area contributed by atoms with E-state index in [1.54, 1.807) is 0 Å². The standard InChI is InChI=1S/C11H21N/c1-3-10(2)9-12-11-7-5-4-6-8-11/h11-12H,2-9H2,1H3. The predicted octanol–water partition coefficient (Wildman–Crippen LogP) is 2.87. The van der Waals surface area contributed by atoms with Gasteiger partial charge in [0, 0.05) is 12.6 Å². The molecule has 0 amide bonds. The van der Waals surface area contributed by atoms with Crippen LogP contribution in [0.4, 0.5) is 0 Å². The highest BCUT2D eigenvalue weighted by Crippen LogP contribution is 2.17. The van der Waals surface area contributed by atoms with Crippen molar-refractivity contribution in [2.45, 2.75) is 51.5 Å². The van der Waals surface area contributed by atoms with Crippen molar-refractivity contribution >= 4 is 0 Å². The van der Waals surface area contributed by atoms with Crippen molar-refractivity contribution in [2.24, 2.45) is 0 Å². The molecule has 1 rings (SSSR count). The zero-order chi connectivity index (χ0) is 8.81. The maximum atomic E-state index is 4.00. The van der Waals surface area contributed by atoms with Crippen molar-refractivity contribution in [3.63, 3.8) is 0 Å². The maximum Gasteiger partial charge on any atom is 0.0164 e. The van der Waals surface area contributed by atoms with Crippen molar-refractivity contribution in [3.05, 3.63) is 12.2 Å². The smallest absolute Gasteiger partial charge is 0.0164 e. The summed E-state index contributed by atoms with van der Waals surface area (Å²) >= 11 is 0. The van der Waals surface area contributed by atoms with Gasteiger partial charge < -0.3 is 5.32 Å². The first kappa shape index (κ1) is 9.79. The second-order valence-corrected chi connectivity index (χ2v) is 3.82. The summed E-state index contributed by atoms with van der Waals surface area (Å²) in [5.74, 6) is 0.